The average molecular weight is 219 g/mol. The molecule has 1 heterocycles. The molecule has 0 aliphatic heterocycles. The summed E-state index contributed by atoms with van der Waals surface area (Å²) >= 11 is 0. The second kappa shape index (κ2) is 4.18. The van der Waals surface area contributed by atoms with Crippen LogP contribution in [-0.2, 0) is 0 Å². The Hall–Kier alpha value is -2.11. The second-order valence-electron chi connectivity index (χ2n) is 3.61. The summed E-state index contributed by atoms with van der Waals surface area (Å²) in [4.78, 5) is 0. The lowest BCUT2D eigenvalue weighted by Crippen LogP contribution is -2.06. The van der Waals surface area contributed by atoms with Gasteiger partial charge >= 0.3 is 0 Å². The normalized spacial score (nSPS) is 10.7. The second-order valence-corrected chi connectivity index (χ2v) is 3.61. The largest absolute Gasteiger partial charge is 0.491 e. The van der Waals surface area contributed by atoms with E-state index < -0.39 is 0 Å². The highest BCUT2D eigenvalue weighted by Crippen LogP contribution is 2.16. The van der Waals surface area contributed by atoms with E-state index in [1.807, 2.05) is 38.1 Å². The lowest BCUT2D eigenvalue weighted by atomic mass is 10.3. The van der Waals surface area contributed by atoms with Gasteiger partial charge in [-0.2, -0.15) is 4.68 Å². The molecular weight excluding hydrogens is 206 g/mol. The van der Waals surface area contributed by atoms with E-state index >= 15 is 0 Å². The Balaban J connectivity index is 2.23. The number of anilines is 1. The van der Waals surface area contributed by atoms with Crippen LogP contribution < -0.4 is 10.5 Å². The van der Waals surface area contributed by atoms with Crippen LogP contribution in [0.15, 0.2) is 24.3 Å². The Morgan fingerprint density at radius 3 is 2.44 bits per heavy atom. The maximum absolute atomic E-state index is 5.59. The predicted octanol–water partition coefficient (Wildman–Crippen LogP) is 1.03. The molecule has 2 N–H and O–H groups in total. The number of hydrogen-bond acceptors (Lipinski definition) is 5. The summed E-state index contributed by atoms with van der Waals surface area (Å²) in [5, 5.41) is 10.9. The van der Waals surface area contributed by atoms with Gasteiger partial charge in [0.2, 0.25) is 5.95 Å². The van der Waals surface area contributed by atoms with E-state index in [0.717, 1.165) is 11.4 Å². The third-order valence-electron chi connectivity index (χ3n) is 1.95. The van der Waals surface area contributed by atoms with Crippen molar-refractivity contribution in [2.24, 2.45) is 0 Å². The van der Waals surface area contributed by atoms with E-state index in [0.29, 0.717) is 0 Å². The maximum Gasteiger partial charge on any atom is 0.245 e. The summed E-state index contributed by atoms with van der Waals surface area (Å²) in [6.45, 7) is 3.96. The number of nitrogens with zero attached hydrogens (tertiary/aromatic N) is 4. The Labute approximate surface area is 93.0 Å². The Morgan fingerprint density at radius 2 is 1.94 bits per heavy atom. The number of rotatable bonds is 3. The molecule has 0 saturated carbocycles. The molecule has 0 bridgehead atoms. The summed E-state index contributed by atoms with van der Waals surface area (Å²) < 4.78 is 6.98. The highest BCUT2D eigenvalue weighted by molar-refractivity contribution is 5.40. The topological polar surface area (TPSA) is 78.8 Å². The van der Waals surface area contributed by atoms with Gasteiger partial charge in [0, 0.05) is 0 Å². The van der Waals surface area contributed by atoms with E-state index in [4.69, 9.17) is 10.5 Å². The molecule has 6 heteroatoms. The highest BCUT2D eigenvalue weighted by atomic mass is 16.5. The standard InChI is InChI=1S/C10H13N5O/c1-7(2)16-9-5-3-8(4-6-9)15-10(11)12-13-14-15/h3-7H,1-2H3,(H2,11,12,14). The van der Waals surface area contributed by atoms with Crippen molar-refractivity contribution in [2.45, 2.75) is 20.0 Å². The zero-order chi connectivity index (χ0) is 11.5. The molecule has 2 rings (SSSR count). The third kappa shape index (κ3) is 2.10. The first-order chi connectivity index (χ1) is 7.66. The number of nitrogen functional groups attached to an aromatic ring is 1. The van der Waals surface area contributed by atoms with Crippen LogP contribution in [0.25, 0.3) is 5.69 Å². The van der Waals surface area contributed by atoms with Crippen LogP contribution in [-0.4, -0.2) is 26.3 Å². The molecule has 2 aromatic rings. The molecule has 1 aromatic heterocycles. The molecule has 0 aliphatic carbocycles. The van der Waals surface area contributed by atoms with E-state index in [1.54, 1.807) is 0 Å². The molecule has 84 valence electrons. The molecule has 6 nitrogen and oxygen atoms in total. The Kier molecular flexibility index (Phi) is 2.72. The average Bonchev–Trinajstić information content (AvgIpc) is 2.65. The lowest BCUT2D eigenvalue weighted by molar-refractivity contribution is 0.242. The molecule has 0 saturated heterocycles. The minimum atomic E-state index is 0.156. The first-order valence-electron chi connectivity index (χ1n) is 4.98. The summed E-state index contributed by atoms with van der Waals surface area (Å²) in [6, 6.07) is 7.42. The first-order valence-corrected chi connectivity index (χ1v) is 4.98. The number of aromatic nitrogens is 4. The Bertz CT molecular complexity index is 462. The Morgan fingerprint density at radius 1 is 1.25 bits per heavy atom. The molecule has 16 heavy (non-hydrogen) atoms. The van der Waals surface area contributed by atoms with Crippen LogP contribution in [0, 0.1) is 0 Å². The van der Waals surface area contributed by atoms with Gasteiger partial charge in [-0.1, -0.05) is 5.10 Å². The van der Waals surface area contributed by atoms with Gasteiger partial charge in [0.05, 0.1) is 11.8 Å². The van der Waals surface area contributed by atoms with Gasteiger partial charge in [-0.3, -0.25) is 0 Å². The van der Waals surface area contributed by atoms with Gasteiger partial charge in [0.15, 0.2) is 0 Å². The molecule has 0 unspecified atom stereocenters. The number of ether oxygens (including phenoxy) is 1. The van der Waals surface area contributed by atoms with Crippen LogP contribution in [0.5, 0.6) is 5.75 Å². The van der Waals surface area contributed by atoms with Crippen molar-refractivity contribution in [3.63, 3.8) is 0 Å². The summed E-state index contributed by atoms with van der Waals surface area (Å²) in [7, 11) is 0. The predicted molar refractivity (Wildman–Crippen MR) is 59.3 cm³/mol. The van der Waals surface area contributed by atoms with Gasteiger partial charge in [0.25, 0.3) is 0 Å². The number of nitrogens with two attached hydrogens (primary N) is 1. The fourth-order valence-corrected chi connectivity index (χ4v) is 1.32. The van der Waals surface area contributed by atoms with Crippen LogP contribution in [0.4, 0.5) is 5.95 Å². The SMILES string of the molecule is CC(C)Oc1ccc(-n2nnnc2N)cc1. The van der Waals surface area contributed by atoms with Crippen molar-refractivity contribution in [3.05, 3.63) is 24.3 Å². The minimum absolute atomic E-state index is 0.156. The highest BCUT2D eigenvalue weighted by Gasteiger charge is 2.04. The minimum Gasteiger partial charge on any atom is -0.491 e. The van der Waals surface area contributed by atoms with E-state index in [-0.39, 0.29) is 12.1 Å². The molecule has 0 atom stereocenters. The summed E-state index contributed by atoms with van der Waals surface area (Å²) in [6.07, 6.45) is 0.156. The maximum atomic E-state index is 5.59. The van der Waals surface area contributed by atoms with Crippen LogP contribution in [0.1, 0.15) is 13.8 Å². The smallest absolute Gasteiger partial charge is 0.245 e. The summed E-state index contributed by atoms with van der Waals surface area (Å²) in [5.74, 6) is 1.07. The van der Waals surface area contributed by atoms with E-state index in [2.05, 4.69) is 15.5 Å². The molecule has 0 amide bonds. The monoisotopic (exact) mass is 219 g/mol. The fourth-order valence-electron chi connectivity index (χ4n) is 1.32. The number of benzene rings is 1. The van der Waals surface area contributed by atoms with Gasteiger partial charge < -0.3 is 10.5 Å². The van der Waals surface area contributed by atoms with Crippen molar-refractivity contribution in [1.82, 2.24) is 20.2 Å². The van der Waals surface area contributed by atoms with Crippen molar-refractivity contribution in [1.29, 1.82) is 0 Å². The molecule has 0 aliphatic rings. The molecule has 1 aromatic carbocycles. The number of tetrazole rings is 1. The van der Waals surface area contributed by atoms with Crippen LogP contribution in [0.3, 0.4) is 0 Å². The number of hydrogen-bond donors (Lipinski definition) is 1. The van der Waals surface area contributed by atoms with Crippen LogP contribution in [0.2, 0.25) is 0 Å². The van der Waals surface area contributed by atoms with Gasteiger partial charge in [-0.05, 0) is 48.5 Å². The zero-order valence-corrected chi connectivity index (χ0v) is 9.16. The van der Waals surface area contributed by atoms with Gasteiger partial charge in [-0.25, -0.2) is 0 Å². The van der Waals surface area contributed by atoms with Crippen LogP contribution >= 0.6 is 0 Å². The van der Waals surface area contributed by atoms with Gasteiger partial charge in [-0.15, -0.1) is 0 Å². The lowest BCUT2D eigenvalue weighted by Gasteiger charge is -2.09. The van der Waals surface area contributed by atoms with Crippen molar-refractivity contribution in [2.75, 3.05) is 5.73 Å². The first kappa shape index (κ1) is 10.4. The van der Waals surface area contributed by atoms with Gasteiger partial charge in [0.1, 0.15) is 5.75 Å². The van der Waals surface area contributed by atoms with Crippen molar-refractivity contribution >= 4 is 5.95 Å². The molecule has 0 fully saturated rings. The molecular formula is C10H13N5O. The third-order valence-corrected chi connectivity index (χ3v) is 1.95. The zero-order valence-electron chi connectivity index (χ0n) is 9.16. The quantitative estimate of drug-likeness (QED) is 0.834. The summed E-state index contributed by atoms with van der Waals surface area (Å²) in [5.41, 5.74) is 6.39. The van der Waals surface area contributed by atoms with E-state index in [1.165, 1.54) is 4.68 Å². The van der Waals surface area contributed by atoms with Crippen molar-refractivity contribution < 1.29 is 4.74 Å². The fraction of sp³-hybridized carbons (Fsp3) is 0.300. The van der Waals surface area contributed by atoms with Crippen molar-refractivity contribution in [3.8, 4) is 11.4 Å². The van der Waals surface area contributed by atoms with E-state index in [9.17, 15) is 0 Å². The molecule has 0 radical (unpaired) electrons. The molecule has 0 spiro atoms.